The number of rotatable bonds is 4. The Morgan fingerprint density at radius 2 is 2.15 bits per heavy atom. The Labute approximate surface area is 131 Å². The molecule has 2 rings (SSSR count). The highest BCUT2D eigenvalue weighted by Crippen LogP contribution is 2.22. The van der Waals surface area contributed by atoms with Gasteiger partial charge in [0.25, 0.3) is 0 Å². The molecule has 0 saturated carbocycles. The van der Waals surface area contributed by atoms with Crippen molar-refractivity contribution in [2.24, 2.45) is 5.10 Å². The third kappa shape index (κ3) is 4.26. The average molecular weight is 388 g/mol. The summed E-state index contributed by atoms with van der Waals surface area (Å²) in [7, 11) is 0. The van der Waals surface area contributed by atoms with E-state index in [1.165, 1.54) is 0 Å². The molecular weight excluding hydrogens is 371 g/mol. The molecule has 20 heavy (non-hydrogen) atoms. The van der Waals surface area contributed by atoms with Crippen LogP contribution in [0.2, 0.25) is 0 Å². The summed E-state index contributed by atoms with van der Waals surface area (Å²) in [5.74, 6) is -1.05. The van der Waals surface area contributed by atoms with Gasteiger partial charge in [0.2, 0.25) is 5.91 Å². The van der Waals surface area contributed by atoms with E-state index in [1.807, 2.05) is 31.2 Å². The van der Waals surface area contributed by atoms with Gasteiger partial charge in [-0.25, -0.2) is 5.43 Å². The van der Waals surface area contributed by atoms with Crippen LogP contribution < -0.4 is 5.43 Å². The Morgan fingerprint density at radius 3 is 2.80 bits per heavy atom. The van der Waals surface area contributed by atoms with Crippen molar-refractivity contribution in [1.29, 1.82) is 0 Å². The number of hydrogen-bond donors (Lipinski definition) is 1. The Balaban J connectivity index is 1.93. The lowest BCUT2D eigenvalue weighted by atomic mass is 10.1. The van der Waals surface area contributed by atoms with E-state index in [9.17, 15) is 4.79 Å². The molecule has 1 saturated heterocycles. The average Bonchev–Trinajstić information content (AvgIpc) is 2.82. The molecule has 0 atom stereocenters. The summed E-state index contributed by atoms with van der Waals surface area (Å²) in [5.41, 5.74) is 4.28. The minimum atomic E-state index is -0.824. The molecule has 1 aliphatic heterocycles. The van der Waals surface area contributed by atoms with Gasteiger partial charge in [0.05, 0.1) is 25.3 Å². The van der Waals surface area contributed by atoms with E-state index in [4.69, 9.17) is 9.47 Å². The predicted molar refractivity (Wildman–Crippen MR) is 84.4 cm³/mol. The van der Waals surface area contributed by atoms with E-state index in [0.717, 1.165) is 14.8 Å². The maximum Gasteiger partial charge on any atom is 0.245 e. The zero-order valence-electron chi connectivity index (χ0n) is 11.5. The lowest BCUT2D eigenvalue weighted by molar-refractivity contribution is -0.159. The molecule has 0 aromatic heterocycles. The molecule has 0 aliphatic carbocycles. The molecule has 6 heteroatoms. The van der Waals surface area contributed by atoms with Gasteiger partial charge in [-0.05, 0) is 54.1 Å². The molecule has 1 aromatic carbocycles. The summed E-state index contributed by atoms with van der Waals surface area (Å²) >= 11 is 2.24. The fourth-order valence-corrected chi connectivity index (χ4v) is 2.46. The van der Waals surface area contributed by atoms with Crippen LogP contribution in [0.1, 0.15) is 25.8 Å². The van der Waals surface area contributed by atoms with Crippen LogP contribution in [0.3, 0.4) is 0 Å². The van der Waals surface area contributed by atoms with Crippen LogP contribution in [0.15, 0.2) is 29.4 Å². The molecule has 1 heterocycles. The number of ether oxygens (including phenoxy) is 2. The maximum atomic E-state index is 11.8. The van der Waals surface area contributed by atoms with Gasteiger partial charge in [-0.15, -0.1) is 0 Å². The summed E-state index contributed by atoms with van der Waals surface area (Å²) in [6.07, 6.45) is 0.135. The summed E-state index contributed by atoms with van der Waals surface area (Å²) in [4.78, 5) is 11.8. The second kappa shape index (κ2) is 6.64. The van der Waals surface area contributed by atoms with E-state index in [2.05, 4.69) is 33.1 Å². The van der Waals surface area contributed by atoms with Gasteiger partial charge >= 0.3 is 0 Å². The monoisotopic (exact) mass is 388 g/mol. The molecular formula is C14H17IN2O3. The third-order valence-electron chi connectivity index (χ3n) is 2.97. The van der Waals surface area contributed by atoms with Crippen molar-refractivity contribution >= 4 is 34.2 Å². The first kappa shape index (κ1) is 15.4. The van der Waals surface area contributed by atoms with Crippen LogP contribution in [0.4, 0.5) is 0 Å². The minimum absolute atomic E-state index is 0.135. The molecule has 0 spiro atoms. The SMILES string of the molecule is C/C(=N/NC(=O)CC1(C)OCCO1)c1cccc(I)c1. The summed E-state index contributed by atoms with van der Waals surface area (Å²) in [6, 6.07) is 7.93. The Morgan fingerprint density at radius 1 is 1.45 bits per heavy atom. The number of halogens is 1. The number of benzene rings is 1. The Hall–Kier alpha value is -0.990. The topological polar surface area (TPSA) is 59.9 Å². The fourth-order valence-electron chi connectivity index (χ4n) is 1.91. The third-order valence-corrected chi connectivity index (χ3v) is 3.64. The highest BCUT2D eigenvalue weighted by Gasteiger charge is 2.33. The van der Waals surface area contributed by atoms with Crippen molar-refractivity contribution < 1.29 is 14.3 Å². The van der Waals surface area contributed by atoms with E-state index < -0.39 is 5.79 Å². The van der Waals surface area contributed by atoms with Gasteiger partial charge in [0.1, 0.15) is 0 Å². The number of nitrogens with one attached hydrogen (secondary N) is 1. The van der Waals surface area contributed by atoms with Crippen LogP contribution >= 0.6 is 22.6 Å². The fraction of sp³-hybridized carbons (Fsp3) is 0.429. The number of amides is 1. The van der Waals surface area contributed by atoms with Gasteiger partial charge in [-0.3, -0.25) is 4.79 Å². The minimum Gasteiger partial charge on any atom is -0.347 e. The normalized spacial score (nSPS) is 18.1. The maximum absolute atomic E-state index is 11.8. The lowest BCUT2D eigenvalue weighted by Crippen LogP contribution is -2.33. The van der Waals surface area contributed by atoms with E-state index in [1.54, 1.807) is 6.92 Å². The van der Waals surface area contributed by atoms with Gasteiger partial charge < -0.3 is 9.47 Å². The molecule has 0 bridgehead atoms. The summed E-state index contributed by atoms with van der Waals surface area (Å²) < 4.78 is 11.9. The van der Waals surface area contributed by atoms with Crippen LogP contribution in [-0.4, -0.2) is 30.6 Å². The van der Waals surface area contributed by atoms with Crippen LogP contribution in [-0.2, 0) is 14.3 Å². The van der Waals surface area contributed by atoms with Gasteiger partial charge in [0.15, 0.2) is 5.79 Å². The van der Waals surface area contributed by atoms with Crippen LogP contribution in [0, 0.1) is 3.57 Å². The first-order valence-corrected chi connectivity index (χ1v) is 7.43. The number of carbonyl (C=O) groups excluding carboxylic acids is 1. The van der Waals surface area contributed by atoms with E-state index in [0.29, 0.717) is 13.2 Å². The van der Waals surface area contributed by atoms with Crippen molar-refractivity contribution in [2.75, 3.05) is 13.2 Å². The zero-order chi connectivity index (χ0) is 14.6. The highest BCUT2D eigenvalue weighted by atomic mass is 127. The summed E-state index contributed by atoms with van der Waals surface area (Å²) in [6.45, 7) is 4.66. The molecule has 1 aromatic rings. The highest BCUT2D eigenvalue weighted by molar-refractivity contribution is 14.1. The lowest BCUT2D eigenvalue weighted by Gasteiger charge is -2.20. The molecule has 0 unspecified atom stereocenters. The first-order chi connectivity index (χ1) is 9.48. The first-order valence-electron chi connectivity index (χ1n) is 6.35. The summed E-state index contributed by atoms with van der Waals surface area (Å²) in [5, 5.41) is 4.11. The van der Waals surface area contributed by atoms with Crippen molar-refractivity contribution in [3.63, 3.8) is 0 Å². The molecule has 1 fully saturated rings. The largest absolute Gasteiger partial charge is 0.347 e. The Bertz CT molecular complexity index is 525. The molecule has 108 valence electrons. The van der Waals surface area contributed by atoms with Crippen molar-refractivity contribution in [2.45, 2.75) is 26.1 Å². The Kier molecular flexibility index (Phi) is 5.11. The van der Waals surface area contributed by atoms with Crippen molar-refractivity contribution in [1.82, 2.24) is 5.43 Å². The van der Waals surface area contributed by atoms with Crippen molar-refractivity contribution in [3.05, 3.63) is 33.4 Å². The quantitative estimate of drug-likeness (QED) is 0.489. The predicted octanol–water partition coefficient (Wildman–Crippen LogP) is 2.28. The second-order valence-electron chi connectivity index (χ2n) is 4.75. The van der Waals surface area contributed by atoms with E-state index >= 15 is 0 Å². The van der Waals surface area contributed by atoms with Gasteiger partial charge in [-0.1, -0.05) is 12.1 Å². The van der Waals surface area contributed by atoms with Gasteiger partial charge in [0, 0.05) is 3.57 Å². The van der Waals surface area contributed by atoms with Gasteiger partial charge in [-0.2, -0.15) is 5.10 Å². The van der Waals surface area contributed by atoms with Crippen LogP contribution in [0.25, 0.3) is 0 Å². The van der Waals surface area contributed by atoms with Crippen LogP contribution in [0.5, 0.6) is 0 Å². The van der Waals surface area contributed by atoms with Crippen molar-refractivity contribution in [3.8, 4) is 0 Å². The standard InChI is InChI=1S/C14H17IN2O3/c1-10(11-4-3-5-12(15)8-11)16-17-13(18)9-14(2)19-6-7-20-14/h3-5,8H,6-7,9H2,1-2H3,(H,17,18)/b16-10-. The smallest absolute Gasteiger partial charge is 0.245 e. The zero-order valence-corrected chi connectivity index (χ0v) is 13.6. The molecule has 0 radical (unpaired) electrons. The number of carbonyl (C=O) groups is 1. The molecule has 1 aliphatic rings. The second-order valence-corrected chi connectivity index (χ2v) is 6.00. The molecule has 1 N–H and O–H groups in total. The number of hydrazone groups is 1. The van der Waals surface area contributed by atoms with E-state index in [-0.39, 0.29) is 12.3 Å². The molecule has 1 amide bonds. The number of hydrogen-bond acceptors (Lipinski definition) is 4. The number of nitrogens with zero attached hydrogens (tertiary/aromatic N) is 1. The molecule has 5 nitrogen and oxygen atoms in total.